The van der Waals surface area contributed by atoms with Crippen LogP contribution in [-0.4, -0.2) is 40.3 Å². The second kappa shape index (κ2) is 5.50. The van der Waals surface area contributed by atoms with E-state index in [-0.39, 0.29) is 22.9 Å². The number of aromatic hydroxyl groups is 1. The molecule has 0 spiro atoms. The molecule has 0 radical (unpaired) electrons. The molecule has 0 bridgehead atoms. The number of hydrogen-bond acceptors (Lipinski definition) is 4. The molecule has 106 valence electrons. The Morgan fingerprint density at radius 3 is 2.80 bits per heavy atom. The molecule has 6 nitrogen and oxygen atoms in total. The van der Waals surface area contributed by atoms with Crippen molar-refractivity contribution in [3.8, 4) is 5.75 Å². The Morgan fingerprint density at radius 2 is 2.20 bits per heavy atom. The molecule has 1 aliphatic heterocycles. The summed E-state index contributed by atoms with van der Waals surface area (Å²) >= 11 is 5.76. The van der Waals surface area contributed by atoms with Gasteiger partial charge < -0.3 is 10.0 Å². The van der Waals surface area contributed by atoms with E-state index < -0.39 is 23.8 Å². The highest BCUT2D eigenvalue weighted by Crippen LogP contribution is 2.25. The maximum atomic E-state index is 12.4. The number of halogens is 1. The fourth-order valence-electron chi connectivity index (χ4n) is 2.09. The Balaban J connectivity index is 2.32. The second-order valence-corrected chi connectivity index (χ2v) is 4.84. The summed E-state index contributed by atoms with van der Waals surface area (Å²) in [4.78, 5) is 36.7. The average molecular weight is 297 g/mol. The third kappa shape index (κ3) is 2.60. The van der Waals surface area contributed by atoms with Crippen LogP contribution >= 0.6 is 11.6 Å². The van der Waals surface area contributed by atoms with Crippen molar-refractivity contribution in [3.63, 3.8) is 0 Å². The van der Waals surface area contributed by atoms with E-state index in [9.17, 15) is 19.5 Å². The molecule has 1 atom stereocenters. The van der Waals surface area contributed by atoms with Crippen LogP contribution in [0, 0.1) is 0 Å². The summed E-state index contributed by atoms with van der Waals surface area (Å²) in [6.45, 7) is 1.58. The first kappa shape index (κ1) is 14.3. The van der Waals surface area contributed by atoms with Gasteiger partial charge in [0.05, 0.1) is 5.02 Å². The van der Waals surface area contributed by atoms with Gasteiger partial charge in [0.25, 0.3) is 5.91 Å². The van der Waals surface area contributed by atoms with Gasteiger partial charge in [-0.3, -0.25) is 19.7 Å². The number of amides is 3. The topological polar surface area (TPSA) is 86.7 Å². The molecule has 0 aliphatic carbocycles. The number of phenolic OH excluding ortho intramolecular Hbond substituents is 1. The quantitative estimate of drug-likeness (QED) is 0.795. The lowest BCUT2D eigenvalue weighted by molar-refractivity contribution is -0.138. The first-order valence-electron chi connectivity index (χ1n) is 6.07. The molecule has 1 saturated heterocycles. The predicted octanol–water partition coefficient (Wildman–Crippen LogP) is 0.923. The molecule has 1 unspecified atom stereocenters. The highest BCUT2D eigenvalue weighted by Gasteiger charge is 2.35. The number of nitrogens with zero attached hydrogens (tertiary/aromatic N) is 1. The Bertz CT molecular complexity index is 588. The van der Waals surface area contributed by atoms with Gasteiger partial charge >= 0.3 is 0 Å². The number of hydrogen-bond donors (Lipinski definition) is 2. The third-order valence-corrected chi connectivity index (χ3v) is 3.40. The number of imide groups is 1. The normalized spacial score (nSPS) is 18.9. The summed E-state index contributed by atoms with van der Waals surface area (Å²) in [7, 11) is 0. The van der Waals surface area contributed by atoms with Crippen molar-refractivity contribution in [1.82, 2.24) is 10.2 Å². The van der Waals surface area contributed by atoms with Crippen LogP contribution in [0.25, 0.3) is 0 Å². The molecule has 7 heteroatoms. The van der Waals surface area contributed by atoms with Gasteiger partial charge in [0.1, 0.15) is 18.3 Å². The van der Waals surface area contributed by atoms with E-state index in [2.05, 4.69) is 5.32 Å². The molecule has 1 fully saturated rings. The SMILES string of the molecule is CCC1C(=O)NC(=O)CN1C(=O)c1ccc(O)c(Cl)c1. The molecular formula is C13H13ClN2O4. The highest BCUT2D eigenvalue weighted by atomic mass is 35.5. The van der Waals surface area contributed by atoms with E-state index >= 15 is 0 Å². The Hall–Kier alpha value is -2.08. The van der Waals surface area contributed by atoms with Crippen LogP contribution in [0.3, 0.4) is 0 Å². The summed E-state index contributed by atoms with van der Waals surface area (Å²) in [6, 6.07) is 3.31. The summed E-state index contributed by atoms with van der Waals surface area (Å²) in [5.74, 6) is -1.61. The van der Waals surface area contributed by atoms with Crippen molar-refractivity contribution in [2.75, 3.05) is 6.54 Å². The third-order valence-electron chi connectivity index (χ3n) is 3.10. The summed E-state index contributed by atoms with van der Waals surface area (Å²) in [5.41, 5.74) is 0.216. The lowest BCUT2D eigenvalue weighted by atomic mass is 10.1. The molecule has 0 saturated carbocycles. The van der Waals surface area contributed by atoms with Gasteiger partial charge in [-0.15, -0.1) is 0 Å². The van der Waals surface area contributed by atoms with E-state index in [0.717, 1.165) is 0 Å². The minimum Gasteiger partial charge on any atom is -0.506 e. The van der Waals surface area contributed by atoms with E-state index in [1.807, 2.05) is 0 Å². The van der Waals surface area contributed by atoms with Crippen LogP contribution in [0.15, 0.2) is 18.2 Å². The Morgan fingerprint density at radius 1 is 1.50 bits per heavy atom. The van der Waals surface area contributed by atoms with Crippen LogP contribution in [0.2, 0.25) is 5.02 Å². The fourth-order valence-corrected chi connectivity index (χ4v) is 2.27. The van der Waals surface area contributed by atoms with Crippen molar-refractivity contribution >= 4 is 29.3 Å². The van der Waals surface area contributed by atoms with E-state index in [0.29, 0.717) is 6.42 Å². The lowest BCUT2D eigenvalue weighted by Gasteiger charge is -2.33. The van der Waals surface area contributed by atoms with Crippen molar-refractivity contribution in [1.29, 1.82) is 0 Å². The minimum atomic E-state index is -0.687. The van der Waals surface area contributed by atoms with Crippen LogP contribution < -0.4 is 5.32 Å². The molecule has 1 aromatic rings. The minimum absolute atomic E-state index is 0.0386. The molecule has 1 aromatic carbocycles. The van der Waals surface area contributed by atoms with Gasteiger partial charge in [0.2, 0.25) is 11.8 Å². The first-order chi connectivity index (χ1) is 9.43. The van der Waals surface area contributed by atoms with Crippen LogP contribution in [-0.2, 0) is 9.59 Å². The summed E-state index contributed by atoms with van der Waals surface area (Å²) in [5, 5.41) is 11.6. The maximum Gasteiger partial charge on any atom is 0.255 e. The average Bonchev–Trinajstić information content (AvgIpc) is 2.40. The standard InChI is InChI=1S/C13H13ClN2O4/c1-2-9-12(19)15-11(18)6-16(9)13(20)7-3-4-10(17)8(14)5-7/h3-5,9,17H,2,6H2,1H3,(H,15,18,19). The molecule has 0 aromatic heterocycles. The zero-order valence-electron chi connectivity index (χ0n) is 10.7. The van der Waals surface area contributed by atoms with Gasteiger partial charge in [-0.25, -0.2) is 0 Å². The Labute approximate surface area is 120 Å². The lowest BCUT2D eigenvalue weighted by Crippen LogP contribution is -2.59. The van der Waals surface area contributed by atoms with Crippen molar-refractivity contribution in [3.05, 3.63) is 28.8 Å². The number of nitrogens with one attached hydrogen (secondary N) is 1. The van der Waals surface area contributed by atoms with Gasteiger partial charge in [0.15, 0.2) is 0 Å². The predicted molar refractivity (Wildman–Crippen MR) is 71.4 cm³/mol. The van der Waals surface area contributed by atoms with Gasteiger partial charge in [-0.05, 0) is 24.6 Å². The number of rotatable bonds is 2. The smallest absolute Gasteiger partial charge is 0.255 e. The fraction of sp³-hybridized carbons (Fsp3) is 0.308. The summed E-state index contributed by atoms with van der Waals surface area (Å²) < 4.78 is 0. The monoisotopic (exact) mass is 296 g/mol. The van der Waals surface area contributed by atoms with E-state index in [4.69, 9.17) is 11.6 Å². The maximum absolute atomic E-state index is 12.4. The van der Waals surface area contributed by atoms with Crippen LogP contribution in [0.4, 0.5) is 0 Å². The molecule has 2 rings (SSSR count). The summed E-state index contributed by atoms with van der Waals surface area (Å²) in [6.07, 6.45) is 0.399. The molecular weight excluding hydrogens is 284 g/mol. The van der Waals surface area contributed by atoms with E-state index in [1.54, 1.807) is 6.92 Å². The zero-order valence-corrected chi connectivity index (χ0v) is 11.5. The number of carbonyl (C=O) groups is 3. The highest BCUT2D eigenvalue weighted by molar-refractivity contribution is 6.32. The number of carbonyl (C=O) groups excluding carboxylic acids is 3. The van der Waals surface area contributed by atoms with E-state index in [1.165, 1.54) is 23.1 Å². The molecule has 20 heavy (non-hydrogen) atoms. The van der Waals surface area contributed by atoms with Crippen molar-refractivity contribution in [2.45, 2.75) is 19.4 Å². The zero-order chi connectivity index (χ0) is 14.9. The van der Waals surface area contributed by atoms with Gasteiger partial charge in [0, 0.05) is 5.56 Å². The first-order valence-corrected chi connectivity index (χ1v) is 6.45. The number of piperazine rings is 1. The van der Waals surface area contributed by atoms with Crippen LogP contribution in [0.1, 0.15) is 23.7 Å². The van der Waals surface area contributed by atoms with Crippen molar-refractivity contribution < 1.29 is 19.5 Å². The molecule has 1 heterocycles. The largest absolute Gasteiger partial charge is 0.506 e. The van der Waals surface area contributed by atoms with Crippen LogP contribution in [0.5, 0.6) is 5.75 Å². The number of phenols is 1. The molecule has 1 aliphatic rings. The van der Waals surface area contributed by atoms with Crippen molar-refractivity contribution in [2.24, 2.45) is 0 Å². The van der Waals surface area contributed by atoms with Gasteiger partial charge in [-0.1, -0.05) is 18.5 Å². The van der Waals surface area contributed by atoms with Gasteiger partial charge in [-0.2, -0.15) is 0 Å². The Kier molecular flexibility index (Phi) is 3.94. The molecule has 2 N–H and O–H groups in total. The number of benzene rings is 1. The molecule has 3 amide bonds. The second-order valence-electron chi connectivity index (χ2n) is 4.44.